The van der Waals surface area contributed by atoms with Crippen molar-refractivity contribution >= 4 is 51.7 Å². The fourth-order valence-electron chi connectivity index (χ4n) is 13.8. The summed E-state index contributed by atoms with van der Waals surface area (Å²) in [5.41, 5.74) is 11.4. The van der Waals surface area contributed by atoms with Gasteiger partial charge >= 0.3 is 0 Å². The Bertz CT molecular complexity index is 5730. The first-order chi connectivity index (χ1) is 54.5. The first-order valence-electron chi connectivity index (χ1n) is 36.6. The van der Waals surface area contributed by atoms with Crippen LogP contribution in [0.2, 0.25) is 0 Å². The summed E-state index contributed by atoms with van der Waals surface area (Å²) in [7, 11) is 0. The number of anilines is 3. The maximum absolute atomic E-state index is 12.9. The number of ether oxygens (including phenoxy) is 3. The standard InChI is InChI=1S/C30H28N6O2.C29H27N7O2.C27H23N7O2/c1-4-21-7-6-8-22(15-21)29(37)34-30(3)11-13-35(14-12-30)27-10-9-23(18-32-27)26-16-25(38-5-2)20-36-28(26)24(17-31)19-33-36;1-4-20-6-8-25(31-16-20)28(37)34-29(3)10-12-35(13-11-29)26-9-7-21(17-32-26)24-14-23(38-5-2)19-36-27(24)22(15-30)18-33-36;1-3-19-5-7-24(29-15-19)27(35)33-11-9-32(10-12-33)25-8-6-20(16-30-25)23-13-22(36-4-2)18-34-26(23)21(14-28)17-31-34/h1,6-10,15-16,18-20H,5,11-14H2,2-3H3,(H,34,37);1,6-9,14,16-19H,5,10-13H2,2-3H3,(H,34,37);1,5-8,13,15-18H,4,9-12H2,2H3. The van der Waals surface area contributed by atoms with Crippen molar-refractivity contribution < 1.29 is 28.6 Å². The van der Waals surface area contributed by atoms with Gasteiger partial charge in [0.05, 0.1) is 90.2 Å². The predicted molar refractivity (Wildman–Crippen MR) is 424 cm³/mol. The Labute approximate surface area is 647 Å². The molecule has 12 aromatic rings. The largest absolute Gasteiger partial charge is 0.492 e. The van der Waals surface area contributed by atoms with E-state index < -0.39 is 0 Å². The van der Waals surface area contributed by atoms with E-state index in [1.807, 2.05) is 93.8 Å². The van der Waals surface area contributed by atoms with Gasteiger partial charge in [0.15, 0.2) is 0 Å². The fourth-order valence-corrected chi connectivity index (χ4v) is 13.8. The summed E-state index contributed by atoms with van der Waals surface area (Å²) in [4.78, 5) is 69.3. The topological polar surface area (TPSA) is 304 Å². The van der Waals surface area contributed by atoms with Crippen molar-refractivity contribution in [3.8, 4) is 106 Å². The summed E-state index contributed by atoms with van der Waals surface area (Å²) < 4.78 is 22.1. The van der Waals surface area contributed by atoms with Crippen LogP contribution in [0.4, 0.5) is 17.5 Å². The number of terminal acetylenes is 3. The molecule has 26 nitrogen and oxygen atoms in total. The number of nitriles is 3. The number of amides is 3. The average molecular weight is 1490 g/mol. The van der Waals surface area contributed by atoms with Gasteiger partial charge in [-0.1, -0.05) is 23.8 Å². The molecule has 0 unspecified atom stereocenters. The Morgan fingerprint density at radius 3 is 1.17 bits per heavy atom. The number of piperazine rings is 1. The highest BCUT2D eigenvalue weighted by Gasteiger charge is 2.35. The molecule has 0 radical (unpaired) electrons. The van der Waals surface area contributed by atoms with E-state index in [1.165, 1.54) is 12.4 Å². The summed E-state index contributed by atoms with van der Waals surface area (Å²) in [6, 6.07) is 38.2. The lowest BCUT2D eigenvalue weighted by Gasteiger charge is -2.40. The molecule has 0 bridgehead atoms. The van der Waals surface area contributed by atoms with Crippen LogP contribution in [0.15, 0.2) is 171 Å². The number of nitrogens with zero attached hydrogens (tertiary/aromatic N) is 18. The minimum atomic E-state index is -0.346. The third kappa shape index (κ3) is 16.7. The van der Waals surface area contributed by atoms with Crippen molar-refractivity contribution in [3.63, 3.8) is 0 Å². The average Bonchev–Trinajstić information content (AvgIpc) is 1.60. The minimum Gasteiger partial charge on any atom is -0.492 e. The van der Waals surface area contributed by atoms with Crippen molar-refractivity contribution in [1.29, 1.82) is 15.8 Å². The van der Waals surface area contributed by atoms with Gasteiger partial charge in [-0.25, -0.2) is 38.5 Å². The van der Waals surface area contributed by atoms with Crippen molar-refractivity contribution in [2.45, 2.75) is 71.4 Å². The highest BCUT2D eigenvalue weighted by atomic mass is 16.5. The zero-order valence-corrected chi connectivity index (χ0v) is 62.5. The van der Waals surface area contributed by atoms with Gasteiger partial charge in [0, 0.05) is 150 Å². The zero-order chi connectivity index (χ0) is 78.5. The lowest BCUT2D eigenvalue weighted by atomic mass is 9.89. The van der Waals surface area contributed by atoms with Gasteiger partial charge in [0.25, 0.3) is 17.7 Å². The van der Waals surface area contributed by atoms with Crippen LogP contribution < -0.4 is 39.5 Å². The van der Waals surface area contributed by atoms with E-state index in [1.54, 1.807) is 104 Å². The second kappa shape index (κ2) is 33.7. The van der Waals surface area contributed by atoms with E-state index in [0.717, 1.165) is 114 Å². The third-order valence-electron chi connectivity index (χ3n) is 19.9. The van der Waals surface area contributed by atoms with Crippen LogP contribution in [0.25, 0.3) is 49.9 Å². The molecule has 0 atom stereocenters. The second-order valence-corrected chi connectivity index (χ2v) is 27.3. The number of carbonyl (C=O) groups is 3. The Morgan fingerprint density at radius 1 is 0.438 bits per heavy atom. The molecule has 3 aliphatic rings. The molecular weight excluding hydrogens is 1410 g/mol. The first-order valence-corrected chi connectivity index (χ1v) is 36.6. The number of hydrogen-bond acceptors (Lipinski definition) is 20. The minimum absolute atomic E-state index is 0.103. The van der Waals surface area contributed by atoms with Crippen LogP contribution in [0.3, 0.4) is 0 Å². The Balaban J connectivity index is 0.000000147. The lowest BCUT2D eigenvalue weighted by Crippen LogP contribution is -2.53. The molecule has 14 heterocycles. The van der Waals surface area contributed by atoms with E-state index in [-0.39, 0.29) is 28.8 Å². The van der Waals surface area contributed by atoms with Crippen molar-refractivity contribution in [3.05, 3.63) is 222 Å². The van der Waals surface area contributed by atoms with Crippen LogP contribution in [-0.2, 0) is 0 Å². The number of fused-ring (bicyclic) bond motifs is 3. The molecule has 2 N–H and O–H groups in total. The van der Waals surface area contributed by atoms with Crippen molar-refractivity contribution in [1.82, 2.24) is 69.3 Å². The highest BCUT2D eigenvalue weighted by Crippen LogP contribution is 2.37. The van der Waals surface area contributed by atoms with Gasteiger partial charge in [-0.05, 0) is 157 Å². The lowest BCUT2D eigenvalue weighted by molar-refractivity contribution is 0.0739. The molecule has 0 saturated carbocycles. The maximum atomic E-state index is 12.9. The van der Waals surface area contributed by atoms with Crippen molar-refractivity contribution in [2.24, 2.45) is 0 Å². The normalized spacial score (nSPS) is 14.1. The smallest absolute Gasteiger partial charge is 0.272 e. The predicted octanol–water partition coefficient (Wildman–Crippen LogP) is 11.3. The highest BCUT2D eigenvalue weighted by molar-refractivity contribution is 5.96. The number of hydrogen-bond donors (Lipinski definition) is 2. The van der Waals surface area contributed by atoms with Gasteiger partial charge in [-0.2, -0.15) is 31.1 Å². The van der Waals surface area contributed by atoms with Gasteiger partial charge in [0.1, 0.15) is 64.3 Å². The molecule has 3 fully saturated rings. The number of pyridine rings is 8. The number of aromatic nitrogens is 11. The molecule has 112 heavy (non-hydrogen) atoms. The molecule has 558 valence electrons. The Morgan fingerprint density at radius 2 is 0.821 bits per heavy atom. The van der Waals surface area contributed by atoms with Gasteiger partial charge in [-0.3, -0.25) is 14.4 Å². The molecule has 3 aliphatic heterocycles. The SMILES string of the molecule is C#Cc1ccc(C(=O)N2CCN(c3ccc(-c4cc(OCC)cn5ncc(C#N)c45)cn3)CC2)nc1.C#Cc1ccc(C(=O)NC2(C)CCN(c3ccc(-c4cc(OCC)cn5ncc(C#N)c45)cn3)CC2)nc1.C#Cc1cccc(C(=O)NC2(C)CCN(c3ccc(-c4cc(OCC)cn5ncc(C#N)c45)cn3)CC2)c1. The maximum Gasteiger partial charge on any atom is 0.272 e. The summed E-state index contributed by atoms with van der Waals surface area (Å²) in [5, 5.41) is 48.0. The van der Waals surface area contributed by atoms with E-state index in [2.05, 4.69) is 105 Å². The molecule has 15 rings (SSSR count). The number of piperidine rings is 2. The van der Waals surface area contributed by atoms with Gasteiger partial charge in [0.2, 0.25) is 0 Å². The van der Waals surface area contributed by atoms with E-state index >= 15 is 0 Å². The van der Waals surface area contributed by atoms with Gasteiger partial charge in [-0.15, -0.1) is 19.3 Å². The zero-order valence-electron chi connectivity index (χ0n) is 62.5. The molecule has 26 heteroatoms. The monoisotopic (exact) mass is 1490 g/mol. The Hall–Kier alpha value is -14.6. The molecule has 1 aromatic carbocycles. The summed E-state index contributed by atoms with van der Waals surface area (Å²) in [6.07, 6.45) is 37.8. The Kier molecular flexibility index (Phi) is 22.7. The van der Waals surface area contributed by atoms with Crippen LogP contribution in [-0.4, -0.2) is 160 Å². The number of rotatable bonds is 17. The van der Waals surface area contributed by atoms with Crippen LogP contribution >= 0.6 is 0 Å². The fraction of sp³-hybridized carbons (Fsp3) is 0.256. The molecule has 3 saturated heterocycles. The van der Waals surface area contributed by atoms with E-state index in [4.69, 9.17) is 43.4 Å². The number of carbonyl (C=O) groups excluding carboxylic acids is 3. The summed E-state index contributed by atoms with van der Waals surface area (Å²) in [5.74, 6) is 11.7. The molecule has 0 spiro atoms. The number of benzene rings is 1. The molecular formula is C86H78N20O6. The summed E-state index contributed by atoms with van der Waals surface area (Å²) >= 11 is 0. The van der Waals surface area contributed by atoms with E-state index in [9.17, 15) is 30.2 Å². The third-order valence-corrected chi connectivity index (χ3v) is 19.9. The first kappa shape index (κ1) is 75.6. The quantitative estimate of drug-likeness (QED) is 0.0800. The molecule has 0 aliphatic carbocycles. The number of nitrogens with one attached hydrogen (secondary N) is 2. The van der Waals surface area contributed by atoms with Crippen LogP contribution in [0.1, 0.15) is 125 Å². The molecule has 3 amide bonds. The van der Waals surface area contributed by atoms with Crippen LogP contribution in [0, 0.1) is 71.0 Å². The molecule has 11 aromatic heterocycles. The summed E-state index contributed by atoms with van der Waals surface area (Å²) in [6.45, 7) is 17.0. The van der Waals surface area contributed by atoms with Gasteiger partial charge < -0.3 is 44.4 Å². The van der Waals surface area contributed by atoms with Crippen molar-refractivity contribution in [2.75, 3.05) is 86.9 Å². The van der Waals surface area contributed by atoms with E-state index in [0.29, 0.717) is 119 Å². The second-order valence-electron chi connectivity index (χ2n) is 27.3. The van der Waals surface area contributed by atoms with Crippen LogP contribution in [0.5, 0.6) is 17.2 Å².